The Morgan fingerprint density at radius 1 is 1.43 bits per heavy atom. The monoisotopic (exact) mass is 317 g/mol. The van der Waals surface area contributed by atoms with Crippen LogP contribution in [0.5, 0.6) is 0 Å². The third-order valence-corrected chi connectivity index (χ3v) is 4.77. The van der Waals surface area contributed by atoms with E-state index in [1.807, 2.05) is 0 Å². The lowest BCUT2D eigenvalue weighted by atomic mass is 9.84. The van der Waals surface area contributed by atoms with E-state index in [0.29, 0.717) is 35.0 Å². The van der Waals surface area contributed by atoms with E-state index in [1.165, 1.54) is 4.57 Å². The molecule has 0 bridgehead atoms. The lowest BCUT2D eigenvalue weighted by Crippen LogP contribution is -2.32. The molecule has 1 atom stereocenters. The van der Waals surface area contributed by atoms with Crippen LogP contribution in [-0.2, 0) is 11.8 Å². The third-order valence-electron chi connectivity index (χ3n) is 4.77. The molecular weight excluding hydrogens is 294 g/mol. The van der Waals surface area contributed by atoms with Crippen molar-refractivity contribution in [1.29, 1.82) is 0 Å². The minimum absolute atomic E-state index is 0.0175. The maximum absolute atomic E-state index is 12.3. The minimum atomic E-state index is -0.400. The number of carbonyl (C=O) groups excluding carboxylic acids is 1. The van der Waals surface area contributed by atoms with Gasteiger partial charge in [-0.15, -0.1) is 0 Å². The predicted octanol–water partition coefficient (Wildman–Crippen LogP) is 2.10. The first-order valence-electron chi connectivity index (χ1n) is 8.15. The summed E-state index contributed by atoms with van der Waals surface area (Å²) in [6.07, 6.45) is 2.79. The lowest BCUT2D eigenvalue weighted by molar-refractivity contribution is -0.117. The fourth-order valence-corrected chi connectivity index (χ4v) is 3.29. The Kier molecular flexibility index (Phi) is 4.52. The summed E-state index contributed by atoms with van der Waals surface area (Å²) in [4.78, 5) is 23.8. The number of oxazole rings is 1. The number of aromatic nitrogens is 1. The van der Waals surface area contributed by atoms with Crippen LogP contribution < -0.4 is 16.4 Å². The average molecular weight is 317 g/mol. The fraction of sp³-hybridized carbons (Fsp3) is 0.529. The Bertz CT molecular complexity index is 756. The zero-order valence-electron chi connectivity index (χ0n) is 13.6. The molecule has 1 amide bonds. The van der Waals surface area contributed by atoms with Gasteiger partial charge in [0.05, 0.1) is 5.52 Å². The van der Waals surface area contributed by atoms with E-state index in [0.717, 1.165) is 25.9 Å². The van der Waals surface area contributed by atoms with Crippen molar-refractivity contribution < 1.29 is 9.21 Å². The maximum atomic E-state index is 12.3. The van der Waals surface area contributed by atoms with Crippen LogP contribution in [0.15, 0.2) is 27.4 Å². The molecule has 23 heavy (non-hydrogen) atoms. The largest absolute Gasteiger partial charge is 0.419 e. The van der Waals surface area contributed by atoms with Gasteiger partial charge in [-0.1, -0.05) is 6.92 Å². The number of benzene rings is 1. The van der Waals surface area contributed by atoms with Crippen molar-refractivity contribution in [1.82, 2.24) is 9.88 Å². The standard InChI is InChI=1S/C17H23N3O3/c1-11(12-5-7-18-8-6-12)9-16(21)19-13-3-4-15-14(10-13)20(2)17(22)23-15/h3-4,10-12,18H,5-9H2,1-2H3,(H,19,21). The number of nitrogens with one attached hydrogen (secondary N) is 2. The molecule has 0 spiro atoms. The SMILES string of the molecule is CC(CC(=O)Nc1ccc2oc(=O)n(C)c2c1)C1CCNCC1. The van der Waals surface area contributed by atoms with Crippen molar-refractivity contribution in [3.63, 3.8) is 0 Å². The van der Waals surface area contributed by atoms with Crippen LogP contribution >= 0.6 is 0 Å². The molecule has 124 valence electrons. The number of hydrogen-bond donors (Lipinski definition) is 2. The average Bonchev–Trinajstić information content (AvgIpc) is 2.83. The molecule has 0 saturated carbocycles. The van der Waals surface area contributed by atoms with Gasteiger partial charge in [-0.3, -0.25) is 9.36 Å². The normalized spacial score (nSPS) is 17.3. The molecule has 6 nitrogen and oxygen atoms in total. The highest BCUT2D eigenvalue weighted by Gasteiger charge is 2.22. The number of aryl methyl sites for hydroxylation is 1. The van der Waals surface area contributed by atoms with Gasteiger partial charge in [0.25, 0.3) is 0 Å². The van der Waals surface area contributed by atoms with Gasteiger partial charge in [-0.2, -0.15) is 0 Å². The molecule has 0 radical (unpaired) electrons. The zero-order valence-corrected chi connectivity index (χ0v) is 13.6. The Hall–Kier alpha value is -2.08. The molecule has 2 heterocycles. The Balaban J connectivity index is 1.65. The summed E-state index contributed by atoms with van der Waals surface area (Å²) in [5.74, 6) is 0.602. The lowest BCUT2D eigenvalue weighted by Gasteiger charge is -2.27. The predicted molar refractivity (Wildman–Crippen MR) is 89.5 cm³/mol. The second kappa shape index (κ2) is 6.58. The van der Waals surface area contributed by atoms with E-state index in [2.05, 4.69) is 17.6 Å². The second-order valence-corrected chi connectivity index (χ2v) is 6.43. The molecule has 1 aliphatic heterocycles. The maximum Gasteiger partial charge on any atom is 0.419 e. The van der Waals surface area contributed by atoms with Gasteiger partial charge in [-0.05, 0) is 56.0 Å². The van der Waals surface area contributed by atoms with Crippen LogP contribution in [0.25, 0.3) is 11.1 Å². The molecule has 1 fully saturated rings. The van der Waals surface area contributed by atoms with Gasteiger partial charge in [0, 0.05) is 19.2 Å². The van der Waals surface area contributed by atoms with Crippen LogP contribution in [0, 0.1) is 11.8 Å². The van der Waals surface area contributed by atoms with Crippen molar-refractivity contribution >= 4 is 22.7 Å². The summed E-state index contributed by atoms with van der Waals surface area (Å²) in [6.45, 7) is 4.24. The van der Waals surface area contributed by atoms with E-state index in [4.69, 9.17) is 4.42 Å². The third kappa shape index (κ3) is 3.47. The van der Waals surface area contributed by atoms with E-state index >= 15 is 0 Å². The second-order valence-electron chi connectivity index (χ2n) is 6.43. The summed E-state index contributed by atoms with van der Waals surface area (Å²) in [6, 6.07) is 5.24. The summed E-state index contributed by atoms with van der Waals surface area (Å²) >= 11 is 0. The smallest absolute Gasteiger partial charge is 0.408 e. The van der Waals surface area contributed by atoms with Crippen molar-refractivity contribution in [2.75, 3.05) is 18.4 Å². The van der Waals surface area contributed by atoms with E-state index in [9.17, 15) is 9.59 Å². The number of amides is 1. The van der Waals surface area contributed by atoms with Crippen molar-refractivity contribution in [2.24, 2.45) is 18.9 Å². The Morgan fingerprint density at radius 3 is 2.91 bits per heavy atom. The topological polar surface area (TPSA) is 76.3 Å². The molecule has 1 unspecified atom stereocenters. The number of carbonyl (C=O) groups is 1. The number of rotatable bonds is 4. The highest BCUT2D eigenvalue weighted by molar-refractivity contribution is 5.92. The molecule has 0 aliphatic carbocycles. The van der Waals surface area contributed by atoms with E-state index in [-0.39, 0.29) is 5.91 Å². The van der Waals surface area contributed by atoms with Gasteiger partial charge in [0.2, 0.25) is 5.91 Å². The molecule has 1 saturated heterocycles. The summed E-state index contributed by atoms with van der Waals surface area (Å²) in [7, 11) is 1.65. The molecule has 1 aliphatic rings. The van der Waals surface area contributed by atoms with Crippen LogP contribution in [0.3, 0.4) is 0 Å². The van der Waals surface area contributed by atoms with Gasteiger partial charge in [0.15, 0.2) is 5.58 Å². The quantitative estimate of drug-likeness (QED) is 0.905. The molecule has 6 heteroatoms. The fourth-order valence-electron chi connectivity index (χ4n) is 3.29. The van der Waals surface area contributed by atoms with Crippen molar-refractivity contribution in [3.8, 4) is 0 Å². The van der Waals surface area contributed by atoms with Crippen LogP contribution in [0.2, 0.25) is 0 Å². The Labute approximate surface area is 134 Å². The minimum Gasteiger partial charge on any atom is -0.408 e. The number of fused-ring (bicyclic) bond motifs is 1. The first kappa shape index (κ1) is 15.8. The zero-order chi connectivity index (χ0) is 16.4. The first-order valence-corrected chi connectivity index (χ1v) is 8.15. The van der Waals surface area contributed by atoms with Crippen LogP contribution in [0.4, 0.5) is 5.69 Å². The van der Waals surface area contributed by atoms with Crippen LogP contribution in [0.1, 0.15) is 26.2 Å². The van der Waals surface area contributed by atoms with Gasteiger partial charge in [0.1, 0.15) is 0 Å². The van der Waals surface area contributed by atoms with Gasteiger partial charge in [-0.25, -0.2) is 4.79 Å². The van der Waals surface area contributed by atoms with E-state index < -0.39 is 5.76 Å². The highest BCUT2D eigenvalue weighted by atomic mass is 16.4. The molecular formula is C17H23N3O3. The van der Waals surface area contributed by atoms with Gasteiger partial charge >= 0.3 is 5.76 Å². The first-order chi connectivity index (χ1) is 11.0. The summed E-state index contributed by atoms with van der Waals surface area (Å²) in [5.41, 5.74) is 1.90. The van der Waals surface area contributed by atoms with Crippen molar-refractivity contribution in [2.45, 2.75) is 26.2 Å². The molecule has 2 N–H and O–H groups in total. The number of piperidine rings is 1. The number of anilines is 1. The summed E-state index contributed by atoms with van der Waals surface area (Å²) < 4.78 is 6.52. The van der Waals surface area contributed by atoms with E-state index in [1.54, 1.807) is 25.2 Å². The van der Waals surface area contributed by atoms with Crippen molar-refractivity contribution in [3.05, 3.63) is 28.7 Å². The molecule has 3 rings (SSSR count). The van der Waals surface area contributed by atoms with Gasteiger partial charge < -0.3 is 15.1 Å². The molecule has 1 aromatic carbocycles. The number of nitrogens with zero attached hydrogens (tertiary/aromatic N) is 1. The summed E-state index contributed by atoms with van der Waals surface area (Å²) in [5, 5.41) is 6.28. The number of hydrogen-bond acceptors (Lipinski definition) is 4. The Morgan fingerprint density at radius 2 is 2.17 bits per heavy atom. The highest BCUT2D eigenvalue weighted by Crippen LogP contribution is 2.25. The van der Waals surface area contributed by atoms with Crippen LogP contribution in [-0.4, -0.2) is 23.6 Å². The molecule has 1 aromatic heterocycles. The molecule has 2 aromatic rings.